The number of nitrogens with two attached hydrogens (primary N) is 1. The summed E-state index contributed by atoms with van der Waals surface area (Å²) in [7, 11) is 0. The Labute approximate surface area is 101 Å². The van der Waals surface area contributed by atoms with Crippen molar-refractivity contribution in [1.29, 1.82) is 0 Å². The summed E-state index contributed by atoms with van der Waals surface area (Å²) in [4.78, 5) is 15.9. The Bertz CT molecular complexity index is 393. The highest BCUT2D eigenvalue weighted by Crippen LogP contribution is 2.08. The van der Waals surface area contributed by atoms with Crippen molar-refractivity contribution >= 4 is 11.9 Å². The van der Waals surface area contributed by atoms with Crippen LogP contribution >= 0.6 is 0 Å². The zero-order chi connectivity index (χ0) is 12.8. The van der Waals surface area contributed by atoms with Crippen LogP contribution in [0.2, 0.25) is 0 Å². The van der Waals surface area contributed by atoms with Crippen LogP contribution in [-0.2, 0) is 4.79 Å². The average Bonchev–Trinajstić information content (AvgIpc) is 2.30. The van der Waals surface area contributed by atoms with Gasteiger partial charge in [-0.15, -0.1) is 5.10 Å². The molecule has 0 aliphatic rings. The summed E-state index contributed by atoms with van der Waals surface area (Å²) in [6, 6.07) is 0. The van der Waals surface area contributed by atoms with E-state index >= 15 is 0 Å². The van der Waals surface area contributed by atoms with E-state index in [1.807, 2.05) is 20.8 Å². The molecule has 6 heteroatoms. The van der Waals surface area contributed by atoms with Gasteiger partial charge >= 0.3 is 0 Å². The maximum atomic E-state index is 11.8. The molecule has 17 heavy (non-hydrogen) atoms. The molecular weight excluding hydrogens is 218 g/mol. The van der Waals surface area contributed by atoms with Crippen molar-refractivity contribution in [3.63, 3.8) is 0 Å². The zero-order valence-electron chi connectivity index (χ0n) is 10.5. The number of carbonyl (C=O) groups excluding carboxylic acids is 1. The fourth-order valence-corrected chi connectivity index (χ4v) is 1.30. The Morgan fingerprint density at radius 2 is 2.06 bits per heavy atom. The van der Waals surface area contributed by atoms with E-state index in [1.54, 1.807) is 0 Å². The molecule has 0 fully saturated rings. The molecule has 0 spiro atoms. The van der Waals surface area contributed by atoms with Gasteiger partial charge in [-0.1, -0.05) is 6.92 Å². The second-order valence-corrected chi connectivity index (χ2v) is 4.13. The van der Waals surface area contributed by atoms with Crippen LogP contribution in [0.3, 0.4) is 0 Å². The van der Waals surface area contributed by atoms with Gasteiger partial charge in [0.1, 0.15) is 0 Å². The van der Waals surface area contributed by atoms with E-state index in [9.17, 15) is 4.79 Å². The number of nitrogens with zero attached hydrogens (tertiary/aromatic N) is 3. The molecule has 1 amide bonds. The lowest BCUT2D eigenvalue weighted by atomic mass is 10.1. The van der Waals surface area contributed by atoms with E-state index in [4.69, 9.17) is 5.73 Å². The lowest BCUT2D eigenvalue weighted by Crippen LogP contribution is -2.23. The maximum absolute atomic E-state index is 11.8. The smallest absolute Gasteiger partial charge is 0.249 e. The number of hydrogen-bond donors (Lipinski definition) is 2. The molecule has 1 aromatic rings. The Morgan fingerprint density at radius 1 is 1.35 bits per heavy atom. The molecule has 0 aromatic carbocycles. The van der Waals surface area contributed by atoms with E-state index in [1.165, 1.54) is 0 Å². The van der Waals surface area contributed by atoms with Crippen molar-refractivity contribution in [1.82, 2.24) is 15.2 Å². The van der Waals surface area contributed by atoms with Gasteiger partial charge in [0, 0.05) is 5.92 Å². The summed E-state index contributed by atoms with van der Waals surface area (Å²) in [6.07, 6.45) is 1.60. The summed E-state index contributed by atoms with van der Waals surface area (Å²) in [5.74, 6) is 0.0740. The monoisotopic (exact) mass is 237 g/mol. The van der Waals surface area contributed by atoms with Gasteiger partial charge in [0.15, 0.2) is 0 Å². The number of nitrogens with one attached hydrogen (secondary N) is 1. The molecule has 3 N–H and O–H groups in total. The molecule has 0 bridgehead atoms. The highest BCUT2D eigenvalue weighted by atomic mass is 16.2. The summed E-state index contributed by atoms with van der Waals surface area (Å²) in [5, 5.41) is 10.4. The number of rotatable bonds is 5. The lowest BCUT2D eigenvalue weighted by Gasteiger charge is -2.10. The van der Waals surface area contributed by atoms with Crippen LogP contribution in [0.5, 0.6) is 0 Å². The van der Waals surface area contributed by atoms with Gasteiger partial charge in [0.2, 0.25) is 11.9 Å². The van der Waals surface area contributed by atoms with Crippen molar-refractivity contribution in [2.24, 2.45) is 11.7 Å². The molecule has 1 rings (SSSR count). The van der Waals surface area contributed by atoms with Crippen LogP contribution < -0.4 is 11.1 Å². The van der Waals surface area contributed by atoms with Crippen LogP contribution in [0.25, 0.3) is 0 Å². The molecule has 6 nitrogen and oxygen atoms in total. The molecule has 0 radical (unpaired) electrons. The summed E-state index contributed by atoms with van der Waals surface area (Å²) >= 11 is 0. The highest BCUT2D eigenvalue weighted by molar-refractivity contribution is 5.90. The number of amides is 1. The third-order valence-electron chi connectivity index (χ3n) is 2.62. The van der Waals surface area contributed by atoms with E-state index in [-0.39, 0.29) is 17.8 Å². The zero-order valence-corrected chi connectivity index (χ0v) is 10.5. The molecule has 0 saturated carbocycles. The normalized spacial score (nSPS) is 12.2. The SMILES string of the molecule is Cc1nnc(NC(=O)C(C)CCCN)nc1C. The van der Waals surface area contributed by atoms with Crippen molar-refractivity contribution in [3.8, 4) is 0 Å². The van der Waals surface area contributed by atoms with E-state index < -0.39 is 0 Å². The van der Waals surface area contributed by atoms with Crippen LogP contribution in [0.1, 0.15) is 31.2 Å². The topological polar surface area (TPSA) is 93.8 Å². The van der Waals surface area contributed by atoms with Gasteiger partial charge in [0.05, 0.1) is 11.4 Å². The van der Waals surface area contributed by atoms with Crippen LogP contribution in [0.4, 0.5) is 5.95 Å². The van der Waals surface area contributed by atoms with Gasteiger partial charge in [-0.3, -0.25) is 10.1 Å². The van der Waals surface area contributed by atoms with Crippen molar-refractivity contribution < 1.29 is 4.79 Å². The van der Waals surface area contributed by atoms with Crippen LogP contribution in [0.15, 0.2) is 0 Å². The lowest BCUT2D eigenvalue weighted by molar-refractivity contribution is -0.119. The fraction of sp³-hybridized carbons (Fsp3) is 0.636. The fourth-order valence-electron chi connectivity index (χ4n) is 1.30. The molecule has 94 valence electrons. The van der Waals surface area contributed by atoms with E-state index in [2.05, 4.69) is 20.5 Å². The van der Waals surface area contributed by atoms with E-state index in [0.717, 1.165) is 24.2 Å². The summed E-state index contributed by atoms with van der Waals surface area (Å²) in [6.45, 7) is 6.11. The first-order valence-electron chi connectivity index (χ1n) is 5.73. The highest BCUT2D eigenvalue weighted by Gasteiger charge is 2.14. The Balaban J connectivity index is 2.58. The Morgan fingerprint density at radius 3 is 2.65 bits per heavy atom. The van der Waals surface area contributed by atoms with Gasteiger partial charge in [-0.05, 0) is 33.2 Å². The Kier molecular flexibility index (Phi) is 4.96. The first kappa shape index (κ1) is 13.5. The second kappa shape index (κ2) is 6.24. The molecular formula is C11H19N5O. The predicted molar refractivity (Wildman–Crippen MR) is 65.4 cm³/mol. The van der Waals surface area contributed by atoms with Crippen LogP contribution in [0, 0.1) is 19.8 Å². The van der Waals surface area contributed by atoms with Gasteiger partial charge < -0.3 is 5.73 Å². The van der Waals surface area contributed by atoms with Gasteiger partial charge in [-0.25, -0.2) is 4.98 Å². The number of aromatic nitrogens is 3. The minimum absolute atomic E-state index is 0.0937. The predicted octanol–water partition coefficient (Wildman–Crippen LogP) is 0.802. The molecule has 1 atom stereocenters. The number of carbonyl (C=O) groups is 1. The standard InChI is InChI=1S/C11H19N5O/c1-7(5-4-6-12)10(17)14-11-13-8(2)9(3)15-16-11/h7H,4-6,12H2,1-3H3,(H,13,14,16,17). The van der Waals surface area contributed by atoms with Crippen molar-refractivity contribution in [2.45, 2.75) is 33.6 Å². The Hall–Kier alpha value is -1.56. The first-order valence-corrected chi connectivity index (χ1v) is 5.73. The maximum Gasteiger partial charge on any atom is 0.249 e. The summed E-state index contributed by atoms with van der Waals surface area (Å²) < 4.78 is 0. The first-order chi connectivity index (χ1) is 8.04. The van der Waals surface area contributed by atoms with Gasteiger partial charge in [0.25, 0.3) is 0 Å². The molecule has 1 heterocycles. The third-order valence-corrected chi connectivity index (χ3v) is 2.62. The quantitative estimate of drug-likeness (QED) is 0.790. The summed E-state index contributed by atoms with van der Waals surface area (Å²) in [5.41, 5.74) is 6.93. The third kappa shape index (κ3) is 4.07. The van der Waals surface area contributed by atoms with Crippen molar-refractivity contribution in [3.05, 3.63) is 11.4 Å². The number of aryl methyl sites for hydroxylation is 2. The van der Waals surface area contributed by atoms with Crippen LogP contribution in [-0.4, -0.2) is 27.6 Å². The molecule has 0 aliphatic heterocycles. The molecule has 1 aromatic heterocycles. The number of hydrogen-bond acceptors (Lipinski definition) is 5. The second-order valence-electron chi connectivity index (χ2n) is 4.13. The van der Waals surface area contributed by atoms with Crippen molar-refractivity contribution in [2.75, 3.05) is 11.9 Å². The minimum atomic E-state index is -0.0940. The molecule has 1 unspecified atom stereocenters. The largest absolute Gasteiger partial charge is 0.330 e. The van der Waals surface area contributed by atoms with E-state index in [0.29, 0.717) is 6.54 Å². The number of anilines is 1. The average molecular weight is 237 g/mol. The molecule has 0 saturated heterocycles. The van der Waals surface area contributed by atoms with Gasteiger partial charge in [-0.2, -0.15) is 5.10 Å². The molecule has 0 aliphatic carbocycles. The minimum Gasteiger partial charge on any atom is -0.330 e.